The van der Waals surface area contributed by atoms with Crippen LogP contribution in [-0.4, -0.2) is 29.3 Å². The van der Waals surface area contributed by atoms with Crippen molar-refractivity contribution in [2.24, 2.45) is 5.10 Å². The number of nitrogen functional groups attached to an aromatic ring is 1. The number of aryl methyl sites for hydroxylation is 2. The standard InChI is InChI=1S/C25H21N5O2S/c1-16-11-13-19(14-12-16)33(31,32)23-22-25(29-21-10-6-5-9-20(21)28-22)30(24(23)26)27-15-18-8-4-3-7-17(18)2/h3-15H,26H2,1-2H3/b27-15+. The van der Waals surface area contributed by atoms with Crippen molar-refractivity contribution in [2.75, 3.05) is 5.73 Å². The third-order valence-corrected chi connectivity index (χ3v) is 7.36. The predicted molar refractivity (Wildman–Crippen MR) is 130 cm³/mol. The van der Waals surface area contributed by atoms with Crippen LogP contribution in [-0.2, 0) is 9.84 Å². The normalized spacial score (nSPS) is 12.2. The Hall–Kier alpha value is -4.04. The average Bonchev–Trinajstić information content (AvgIpc) is 3.08. The Labute approximate surface area is 191 Å². The minimum Gasteiger partial charge on any atom is -0.382 e. The lowest BCUT2D eigenvalue weighted by Crippen LogP contribution is -2.06. The van der Waals surface area contributed by atoms with Gasteiger partial charge in [0.15, 0.2) is 5.65 Å². The molecule has 5 aromatic rings. The Morgan fingerprint density at radius 1 is 0.879 bits per heavy atom. The van der Waals surface area contributed by atoms with Gasteiger partial charge in [-0.15, -0.1) is 0 Å². The molecule has 5 rings (SSSR count). The first-order valence-corrected chi connectivity index (χ1v) is 11.8. The number of hydrogen-bond acceptors (Lipinski definition) is 6. The number of sulfone groups is 1. The number of para-hydroxylation sites is 2. The lowest BCUT2D eigenvalue weighted by molar-refractivity contribution is 0.597. The van der Waals surface area contributed by atoms with Gasteiger partial charge in [0.05, 0.1) is 22.1 Å². The summed E-state index contributed by atoms with van der Waals surface area (Å²) in [6.07, 6.45) is 1.64. The topological polar surface area (TPSA) is 103 Å². The van der Waals surface area contributed by atoms with Gasteiger partial charge in [-0.3, -0.25) is 0 Å². The summed E-state index contributed by atoms with van der Waals surface area (Å²) in [5, 5.41) is 4.51. The van der Waals surface area contributed by atoms with E-state index in [4.69, 9.17) is 5.73 Å². The molecule has 2 heterocycles. The fraction of sp³-hybridized carbons (Fsp3) is 0.0800. The first-order chi connectivity index (χ1) is 15.9. The second-order valence-corrected chi connectivity index (χ2v) is 9.71. The molecule has 0 amide bonds. The third-order valence-electron chi connectivity index (χ3n) is 5.53. The van der Waals surface area contributed by atoms with Gasteiger partial charge < -0.3 is 5.73 Å². The molecule has 0 unspecified atom stereocenters. The fourth-order valence-corrected chi connectivity index (χ4v) is 5.17. The minimum atomic E-state index is -3.97. The van der Waals surface area contributed by atoms with Gasteiger partial charge in [-0.25, -0.2) is 18.4 Å². The number of fused-ring (bicyclic) bond motifs is 2. The molecule has 7 nitrogen and oxygen atoms in total. The first-order valence-electron chi connectivity index (χ1n) is 10.3. The Morgan fingerprint density at radius 3 is 2.21 bits per heavy atom. The summed E-state index contributed by atoms with van der Waals surface area (Å²) in [6, 6.07) is 21.7. The van der Waals surface area contributed by atoms with Crippen LogP contribution in [0.4, 0.5) is 5.82 Å². The highest BCUT2D eigenvalue weighted by atomic mass is 32.2. The van der Waals surface area contributed by atoms with Crippen molar-refractivity contribution in [2.45, 2.75) is 23.6 Å². The number of aromatic nitrogens is 3. The van der Waals surface area contributed by atoms with Gasteiger partial charge in [0.2, 0.25) is 9.84 Å². The molecule has 164 valence electrons. The molecule has 0 aliphatic rings. The Morgan fingerprint density at radius 2 is 1.52 bits per heavy atom. The second kappa shape index (κ2) is 7.83. The summed E-state index contributed by atoms with van der Waals surface area (Å²) < 4.78 is 28.6. The van der Waals surface area contributed by atoms with Crippen LogP contribution in [0.15, 0.2) is 87.7 Å². The van der Waals surface area contributed by atoms with Crippen LogP contribution >= 0.6 is 0 Å². The van der Waals surface area contributed by atoms with Crippen molar-refractivity contribution in [1.82, 2.24) is 14.6 Å². The molecule has 0 bridgehead atoms. The molecule has 0 aliphatic heterocycles. The lowest BCUT2D eigenvalue weighted by Gasteiger charge is -2.05. The second-order valence-electron chi connectivity index (χ2n) is 7.83. The summed E-state index contributed by atoms with van der Waals surface area (Å²) in [5.41, 5.74) is 11.0. The molecule has 0 saturated carbocycles. The van der Waals surface area contributed by atoms with Crippen molar-refractivity contribution in [3.63, 3.8) is 0 Å². The van der Waals surface area contributed by atoms with Gasteiger partial charge in [0.1, 0.15) is 16.2 Å². The molecular weight excluding hydrogens is 434 g/mol. The number of hydrogen-bond donors (Lipinski definition) is 1. The monoisotopic (exact) mass is 455 g/mol. The molecule has 3 aromatic carbocycles. The Kier molecular flexibility index (Phi) is 4.94. The lowest BCUT2D eigenvalue weighted by atomic mass is 10.1. The van der Waals surface area contributed by atoms with Gasteiger partial charge in [-0.05, 0) is 49.2 Å². The highest BCUT2D eigenvalue weighted by Crippen LogP contribution is 2.35. The number of benzene rings is 3. The molecule has 0 spiro atoms. The highest BCUT2D eigenvalue weighted by molar-refractivity contribution is 7.92. The number of nitrogens with zero attached hydrogens (tertiary/aromatic N) is 4. The van der Waals surface area contributed by atoms with Crippen LogP contribution in [0.5, 0.6) is 0 Å². The van der Waals surface area contributed by atoms with Crippen LogP contribution in [0.3, 0.4) is 0 Å². The molecule has 2 N–H and O–H groups in total. The summed E-state index contributed by atoms with van der Waals surface area (Å²) in [4.78, 5) is 9.32. The maximum Gasteiger partial charge on any atom is 0.212 e. The van der Waals surface area contributed by atoms with Gasteiger partial charge in [-0.1, -0.05) is 54.1 Å². The zero-order valence-electron chi connectivity index (χ0n) is 18.1. The van der Waals surface area contributed by atoms with E-state index in [1.165, 1.54) is 4.68 Å². The molecule has 33 heavy (non-hydrogen) atoms. The maximum absolute atomic E-state index is 13.6. The minimum absolute atomic E-state index is 0.0364. The Bertz CT molecular complexity index is 1650. The quantitative estimate of drug-likeness (QED) is 0.402. The SMILES string of the molecule is Cc1ccc(S(=O)(=O)c2c(N)n(/N=C/c3ccccc3C)c3nc4ccccc4nc23)cc1. The van der Waals surface area contributed by atoms with E-state index in [0.29, 0.717) is 11.0 Å². The van der Waals surface area contributed by atoms with Crippen LogP contribution < -0.4 is 5.73 Å². The zero-order chi connectivity index (χ0) is 23.2. The van der Waals surface area contributed by atoms with E-state index in [1.54, 1.807) is 36.5 Å². The van der Waals surface area contributed by atoms with Crippen molar-refractivity contribution >= 4 is 44.1 Å². The number of anilines is 1. The molecule has 0 atom stereocenters. The summed E-state index contributed by atoms with van der Waals surface area (Å²) in [5.74, 6) is -0.0364. The fourth-order valence-electron chi connectivity index (χ4n) is 3.69. The van der Waals surface area contributed by atoms with Crippen molar-refractivity contribution in [3.05, 3.63) is 89.5 Å². The van der Waals surface area contributed by atoms with Crippen molar-refractivity contribution in [3.8, 4) is 0 Å². The van der Waals surface area contributed by atoms with E-state index >= 15 is 0 Å². The molecular formula is C25H21N5O2S. The highest BCUT2D eigenvalue weighted by Gasteiger charge is 2.30. The van der Waals surface area contributed by atoms with E-state index in [-0.39, 0.29) is 26.8 Å². The molecule has 0 radical (unpaired) electrons. The number of nitrogens with two attached hydrogens (primary N) is 1. The van der Waals surface area contributed by atoms with Crippen LogP contribution in [0.1, 0.15) is 16.7 Å². The van der Waals surface area contributed by atoms with Gasteiger partial charge in [0, 0.05) is 0 Å². The van der Waals surface area contributed by atoms with E-state index in [9.17, 15) is 8.42 Å². The third kappa shape index (κ3) is 3.54. The van der Waals surface area contributed by atoms with Crippen LogP contribution in [0.25, 0.3) is 22.2 Å². The van der Waals surface area contributed by atoms with Crippen LogP contribution in [0.2, 0.25) is 0 Å². The largest absolute Gasteiger partial charge is 0.382 e. The zero-order valence-corrected chi connectivity index (χ0v) is 18.9. The van der Waals surface area contributed by atoms with Crippen molar-refractivity contribution in [1.29, 1.82) is 0 Å². The average molecular weight is 456 g/mol. The van der Waals surface area contributed by atoms with Gasteiger partial charge in [0.25, 0.3) is 0 Å². The molecule has 8 heteroatoms. The van der Waals surface area contributed by atoms with E-state index in [0.717, 1.165) is 16.7 Å². The van der Waals surface area contributed by atoms with E-state index < -0.39 is 9.84 Å². The van der Waals surface area contributed by atoms with Gasteiger partial charge >= 0.3 is 0 Å². The summed E-state index contributed by atoms with van der Waals surface area (Å²) in [6.45, 7) is 3.87. The predicted octanol–water partition coefficient (Wildman–Crippen LogP) is 4.50. The molecule has 2 aromatic heterocycles. The maximum atomic E-state index is 13.6. The number of rotatable bonds is 4. The van der Waals surface area contributed by atoms with E-state index in [1.807, 2.05) is 56.3 Å². The van der Waals surface area contributed by atoms with Gasteiger partial charge in [-0.2, -0.15) is 9.78 Å². The summed E-state index contributed by atoms with van der Waals surface area (Å²) >= 11 is 0. The molecule has 0 fully saturated rings. The smallest absolute Gasteiger partial charge is 0.212 e. The first kappa shape index (κ1) is 20.8. The summed E-state index contributed by atoms with van der Waals surface area (Å²) in [7, 11) is -3.97. The van der Waals surface area contributed by atoms with Crippen LogP contribution in [0, 0.1) is 13.8 Å². The Balaban J connectivity index is 1.81. The van der Waals surface area contributed by atoms with Crippen molar-refractivity contribution < 1.29 is 8.42 Å². The van der Waals surface area contributed by atoms with E-state index in [2.05, 4.69) is 15.1 Å². The molecule has 0 saturated heterocycles. The molecule has 0 aliphatic carbocycles.